The summed E-state index contributed by atoms with van der Waals surface area (Å²) in [5.41, 5.74) is -0.778. The van der Waals surface area contributed by atoms with Crippen LogP contribution in [-0.4, -0.2) is 88.0 Å². The zero-order valence-electron chi connectivity index (χ0n) is 9.28. The van der Waals surface area contributed by atoms with Gasteiger partial charge in [0.1, 0.15) is 4.90 Å². The molecule has 0 aromatic heterocycles. The number of aromatic carboxylic acids is 1. The Labute approximate surface area is 152 Å². The van der Waals surface area contributed by atoms with Crippen molar-refractivity contribution in [1.82, 2.24) is 0 Å². The first kappa shape index (κ1) is 18.7. The van der Waals surface area contributed by atoms with Crippen LogP contribution < -0.4 is 0 Å². The van der Waals surface area contributed by atoms with Gasteiger partial charge in [0.2, 0.25) is 0 Å². The zero-order chi connectivity index (χ0) is 13.9. The molecule has 0 heterocycles. The zero-order valence-corrected chi connectivity index (χ0v) is 10.1. The number of rotatable bonds is 4. The summed E-state index contributed by atoms with van der Waals surface area (Å²) in [5.74, 6) is -2.34. The third-order valence-electron chi connectivity index (χ3n) is 2.00. The topological polar surface area (TPSA) is 118 Å². The maximum absolute atomic E-state index is 11.4. The van der Waals surface area contributed by atoms with Gasteiger partial charge in [-0.05, 0) is 25.1 Å². The van der Waals surface area contributed by atoms with Crippen molar-refractivity contribution in [3.8, 4) is 0 Å². The van der Waals surface area contributed by atoms with Crippen LogP contribution >= 0.6 is 0 Å². The molecule has 1 rings (SSSR count). The number of carboxylic acids is 1. The number of carbonyl (C=O) groups is 2. The molecule has 2 N–H and O–H groups in total. The summed E-state index contributed by atoms with van der Waals surface area (Å²) < 4.78 is 35.8. The first-order valence-corrected chi connectivity index (χ1v) is 6.23. The Morgan fingerprint density at radius 3 is 2.32 bits per heavy atom. The van der Waals surface area contributed by atoms with Crippen LogP contribution in [0.1, 0.15) is 27.6 Å². The third-order valence-corrected chi connectivity index (χ3v) is 2.90. The fourth-order valence-electron chi connectivity index (χ4n) is 1.25. The van der Waals surface area contributed by atoms with Crippen LogP contribution in [0.15, 0.2) is 23.1 Å². The molecule has 0 aliphatic rings. The van der Waals surface area contributed by atoms with Crippen molar-refractivity contribution in [2.45, 2.75) is 11.8 Å². The van der Waals surface area contributed by atoms with Crippen LogP contribution in [0.2, 0.25) is 0 Å². The molecule has 0 radical (unpaired) electrons. The molecule has 0 unspecified atom stereocenters. The van der Waals surface area contributed by atoms with Crippen molar-refractivity contribution < 1.29 is 32.4 Å². The normalized spacial score (nSPS) is 10.4. The van der Waals surface area contributed by atoms with E-state index >= 15 is 0 Å². The fourth-order valence-corrected chi connectivity index (χ4v) is 1.95. The van der Waals surface area contributed by atoms with Crippen molar-refractivity contribution in [1.29, 1.82) is 0 Å². The van der Waals surface area contributed by atoms with Crippen LogP contribution in [-0.2, 0) is 14.9 Å². The van der Waals surface area contributed by atoms with E-state index in [2.05, 4.69) is 4.74 Å². The van der Waals surface area contributed by atoms with Gasteiger partial charge in [0.05, 0.1) is 17.7 Å². The summed E-state index contributed by atoms with van der Waals surface area (Å²) in [6.45, 7) is 1.54. The molecule has 0 amide bonds. The van der Waals surface area contributed by atoms with Crippen LogP contribution in [0.3, 0.4) is 0 Å². The number of carboxylic acid groups (broad SMARTS) is 1. The minimum atomic E-state index is -4.72. The molecular weight excluding hydrogens is 303 g/mol. The van der Waals surface area contributed by atoms with Gasteiger partial charge in [-0.15, -0.1) is 0 Å². The fraction of sp³-hybridized carbons (Fsp3) is 0.200. The molecule has 7 nitrogen and oxygen atoms in total. The summed E-state index contributed by atoms with van der Waals surface area (Å²) in [5, 5.41) is 8.72. The molecule has 100 valence electrons. The molecule has 19 heavy (non-hydrogen) atoms. The number of carbonyl (C=O) groups excluding carboxylic acids is 1. The SMILES string of the molecule is CCOC(=O)c1ccc(C(=O)O)cc1S(=O)(=O)O.[KH]. The first-order chi connectivity index (χ1) is 8.27. The summed E-state index contributed by atoms with van der Waals surface area (Å²) in [4.78, 5) is 21.4. The van der Waals surface area contributed by atoms with Gasteiger partial charge in [0, 0.05) is 0 Å². The van der Waals surface area contributed by atoms with Crippen molar-refractivity contribution >= 4 is 73.4 Å². The van der Waals surface area contributed by atoms with Gasteiger partial charge in [-0.3, -0.25) is 4.55 Å². The van der Waals surface area contributed by atoms with Crippen LogP contribution in [0.25, 0.3) is 0 Å². The van der Waals surface area contributed by atoms with E-state index in [9.17, 15) is 18.0 Å². The van der Waals surface area contributed by atoms with E-state index in [0.29, 0.717) is 6.07 Å². The molecule has 0 aliphatic heterocycles. The second-order valence-corrected chi connectivity index (χ2v) is 4.60. The summed E-state index contributed by atoms with van der Waals surface area (Å²) in [7, 11) is -4.72. The van der Waals surface area contributed by atoms with E-state index in [-0.39, 0.29) is 63.6 Å². The Morgan fingerprint density at radius 2 is 1.89 bits per heavy atom. The number of ether oxygens (including phenoxy) is 1. The van der Waals surface area contributed by atoms with E-state index in [1.54, 1.807) is 0 Å². The molecule has 0 saturated carbocycles. The van der Waals surface area contributed by atoms with Gasteiger partial charge in [0.15, 0.2) is 0 Å². The third kappa shape index (κ3) is 4.95. The number of hydrogen-bond acceptors (Lipinski definition) is 5. The van der Waals surface area contributed by atoms with Gasteiger partial charge >= 0.3 is 63.3 Å². The maximum atomic E-state index is 11.4. The summed E-state index contributed by atoms with van der Waals surface area (Å²) in [6, 6.07) is 2.72. The van der Waals surface area contributed by atoms with Crippen molar-refractivity contribution in [2.75, 3.05) is 6.61 Å². The van der Waals surface area contributed by atoms with E-state index in [0.717, 1.165) is 12.1 Å². The average Bonchev–Trinajstić information content (AvgIpc) is 2.27. The molecule has 0 bridgehead atoms. The predicted octanol–water partition coefficient (Wildman–Crippen LogP) is 0.160. The molecule has 9 heteroatoms. The second-order valence-electron chi connectivity index (χ2n) is 3.21. The van der Waals surface area contributed by atoms with Crippen molar-refractivity contribution in [3.63, 3.8) is 0 Å². The van der Waals surface area contributed by atoms with Gasteiger partial charge in [-0.25, -0.2) is 9.59 Å². The van der Waals surface area contributed by atoms with Gasteiger partial charge in [-0.1, -0.05) is 0 Å². The molecular formula is C10H11KO7S. The van der Waals surface area contributed by atoms with E-state index in [1.165, 1.54) is 6.92 Å². The van der Waals surface area contributed by atoms with E-state index in [1.807, 2.05) is 0 Å². The Kier molecular flexibility index (Phi) is 7.36. The molecule has 1 aromatic rings. The Morgan fingerprint density at radius 1 is 1.32 bits per heavy atom. The van der Waals surface area contributed by atoms with Crippen molar-refractivity contribution in [3.05, 3.63) is 29.3 Å². The van der Waals surface area contributed by atoms with Crippen LogP contribution in [0.4, 0.5) is 0 Å². The molecule has 0 saturated heterocycles. The molecule has 0 spiro atoms. The summed E-state index contributed by atoms with van der Waals surface area (Å²) in [6.07, 6.45) is 0. The Bertz CT molecular complexity index is 594. The van der Waals surface area contributed by atoms with Crippen LogP contribution in [0.5, 0.6) is 0 Å². The molecule has 0 atom stereocenters. The molecule has 0 fully saturated rings. The summed E-state index contributed by atoms with van der Waals surface area (Å²) >= 11 is 0. The monoisotopic (exact) mass is 314 g/mol. The quantitative estimate of drug-likeness (QED) is 0.461. The van der Waals surface area contributed by atoms with Crippen LogP contribution in [0, 0.1) is 0 Å². The predicted molar refractivity (Wildman–Crippen MR) is 66.3 cm³/mol. The number of hydrogen-bond donors (Lipinski definition) is 2. The molecule has 1 aromatic carbocycles. The minimum absolute atomic E-state index is 0. The Hall–Kier alpha value is -0.294. The van der Waals surface area contributed by atoms with Gasteiger partial charge in [0.25, 0.3) is 10.1 Å². The Balaban J connectivity index is 0.00000324. The average molecular weight is 314 g/mol. The van der Waals surface area contributed by atoms with Gasteiger partial charge < -0.3 is 9.84 Å². The second kappa shape index (κ2) is 7.48. The van der Waals surface area contributed by atoms with E-state index < -0.39 is 32.5 Å². The standard InChI is InChI=1S/C10H10O7S.K.H/c1-2-17-10(13)7-4-3-6(9(11)12)5-8(7)18(14,15)16;;/h3-5H,2H2,1H3,(H,11,12)(H,14,15,16);;. The number of esters is 1. The van der Waals surface area contributed by atoms with E-state index in [4.69, 9.17) is 9.66 Å². The number of benzene rings is 1. The molecule has 0 aliphatic carbocycles. The first-order valence-electron chi connectivity index (χ1n) is 4.79. The van der Waals surface area contributed by atoms with Crippen molar-refractivity contribution in [2.24, 2.45) is 0 Å². The van der Waals surface area contributed by atoms with Gasteiger partial charge in [-0.2, -0.15) is 8.42 Å².